The summed E-state index contributed by atoms with van der Waals surface area (Å²) >= 11 is 0. The van der Waals surface area contributed by atoms with E-state index in [-0.39, 0.29) is 13.2 Å². The Bertz CT molecular complexity index is 537. The van der Waals surface area contributed by atoms with E-state index in [1.165, 1.54) is 6.20 Å². The zero-order valence-corrected chi connectivity index (χ0v) is 9.91. The molecule has 18 heavy (non-hydrogen) atoms. The van der Waals surface area contributed by atoms with Crippen LogP contribution < -0.4 is 0 Å². The molecule has 0 fully saturated rings. The summed E-state index contributed by atoms with van der Waals surface area (Å²) < 4.78 is 6.41. The average Bonchev–Trinajstić information content (AvgIpc) is 2.79. The van der Waals surface area contributed by atoms with Crippen LogP contribution in [0.5, 0.6) is 0 Å². The fraction of sp³-hybridized carbons (Fsp3) is 0.250. The van der Waals surface area contributed by atoms with Crippen molar-refractivity contribution in [2.45, 2.75) is 6.92 Å². The third-order valence-corrected chi connectivity index (χ3v) is 2.42. The number of hydrogen-bond donors (Lipinski definition) is 1. The Morgan fingerprint density at radius 2 is 2.33 bits per heavy atom. The van der Waals surface area contributed by atoms with E-state index in [0.29, 0.717) is 17.1 Å². The van der Waals surface area contributed by atoms with Crippen molar-refractivity contribution in [1.82, 2.24) is 14.8 Å². The molecule has 0 aliphatic heterocycles. The molecule has 0 radical (unpaired) electrons. The van der Waals surface area contributed by atoms with E-state index in [1.807, 2.05) is 6.07 Å². The van der Waals surface area contributed by atoms with Gasteiger partial charge in [-0.25, -0.2) is 14.5 Å². The molecule has 6 nitrogen and oxygen atoms in total. The van der Waals surface area contributed by atoms with Gasteiger partial charge in [-0.15, -0.1) is 0 Å². The third kappa shape index (κ3) is 2.38. The first kappa shape index (κ1) is 12.3. The molecule has 0 saturated carbocycles. The minimum atomic E-state index is -0.497. The van der Waals surface area contributed by atoms with Gasteiger partial charge in [0, 0.05) is 6.20 Å². The highest BCUT2D eigenvalue weighted by atomic mass is 16.5. The number of nitrogens with zero attached hydrogens (tertiary/aromatic N) is 3. The monoisotopic (exact) mass is 247 g/mol. The Labute approximate surface area is 104 Å². The van der Waals surface area contributed by atoms with Crippen molar-refractivity contribution in [2.75, 3.05) is 13.2 Å². The second kappa shape index (κ2) is 5.42. The van der Waals surface area contributed by atoms with E-state index in [1.54, 1.807) is 29.9 Å². The Balaban J connectivity index is 2.27. The molecule has 0 bridgehead atoms. The summed E-state index contributed by atoms with van der Waals surface area (Å²) in [6.45, 7) is 1.55. The van der Waals surface area contributed by atoms with Crippen molar-refractivity contribution in [3.8, 4) is 5.82 Å². The van der Waals surface area contributed by atoms with Gasteiger partial charge in [0.15, 0.2) is 5.82 Å². The molecule has 0 atom stereocenters. The van der Waals surface area contributed by atoms with Gasteiger partial charge in [0.05, 0.1) is 18.5 Å². The highest BCUT2D eigenvalue weighted by molar-refractivity contribution is 5.90. The molecule has 2 aromatic rings. The predicted molar refractivity (Wildman–Crippen MR) is 63.5 cm³/mol. The number of ether oxygens (including phenoxy) is 1. The molecule has 0 spiro atoms. The van der Waals surface area contributed by atoms with E-state index in [0.717, 1.165) is 0 Å². The number of aliphatic hydroxyl groups excluding tert-OH is 1. The Morgan fingerprint density at radius 1 is 1.50 bits per heavy atom. The van der Waals surface area contributed by atoms with Gasteiger partial charge in [0.1, 0.15) is 12.2 Å². The molecular formula is C12H13N3O3. The maximum absolute atomic E-state index is 11.7. The third-order valence-electron chi connectivity index (χ3n) is 2.42. The van der Waals surface area contributed by atoms with Crippen LogP contribution in [-0.2, 0) is 4.74 Å². The van der Waals surface area contributed by atoms with Gasteiger partial charge in [-0.3, -0.25) is 0 Å². The predicted octanol–water partition coefficient (Wildman–Crippen LogP) is 0.725. The van der Waals surface area contributed by atoms with Crippen molar-refractivity contribution >= 4 is 5.97 Å². The maximum atomic E-state index is 11.7. The van der Waals surface area contributed by atoms with Crippen LogP contribution in [0, 0.1) is 6.92 Å². The largest absolute Gasteiger partial charge is 0.460 e. The van der Waals surface area contributed by atoms with Crippen molar-refractivity contribution in [3.05, 3.63) is 41.9 Å². The zero-order valence-electron chi connectivity index (χ0n) is 9.91. The summed E-state index contributed by atoms with van der Waals surface area (Å²) in [5.74, 6) is 0.139. The Morgan fingerprint density at radius 3 is 3.00 bits per heavy atom. The zero-order chi connectivity index (χ0) is 13.0. The number of carbonyl (C=O) groups excluding carboxylic acids is 1. The molecule has 2 rings (SSSR count). The molecule has 1 N–H and O–H groups in total. The van der Waals surface area contributed by atoms with Crippen LogP contribution in [0.1, 0.15) is 16.1 Å². The highest BCUT2D eigenvalue weighted by Crippen LogP contribution is 2.12. The first-order valence-electron chi connectivity index (χ1n) is 5.48. The van der Waals surface area contributed by atoms with Gasteiger partial charge in [-0.1, -0.05) is 6.07 Å². The van der Waals surface area contributed by atoms with Gasteiger partial charge in [-0.05, 0) is 19.1 Å². The number of rotatable bonds is 4. The second-order valence-corrected chi connectivity index (χ2v) is 3.60. The molecular weight excluding hydrogens is 234 g/mol. The number of aromatic nitrogens is 3. The molecule has 0 saturated heterocycles. The molecule has 0 unspecified atom stereocenters. The van der Waals surface area contributed by atoms with E-state index >= 15 is 0 Å². The minimum Gasteiger partial charge on any atom is -0.460 e. The number of pyridine rings is 1. The van der Waals surface area contributed by atoms with Crippen molar-refractivity contribution in [3.63, 3.8) is 0 Å². The molecule has 94 valence electrons. The molecule has 2 heterocycles. The summed E-state index contributed by atoms with van der Waals surface area (Å²) in [5, 5.41) is 12.7. The summed E-state index contributed by atoms with van der Waals surface area (Å²) in [7, 11) is 0. The van der Waals surface area contributed by atoms with Gasteiger partial charge in [0.2, 0.25) is 0 Å². The topological polar surface area (TPSA) is 77.2 Å². The second-order valence-electron chi connectivity index (χ2n) is 3.60. The lowest BCUT2D eigenvalue weighted by Gasteiger charge is -2.04. The number of aliphatic hydroxyl groups is 1. The Hall–Kier alpha value is -2.21. The smallest absolute Gasteiger partial charge is 0.341 e. The lowest BCUT2D eigenvalue weighted by atomic mass is 10.2. The van der Waals surface area contributed by atoms with Gasteiger partial charge in [0.25, 0.3) is 0 Å². The van der Waals surface area contributed by atoms with Gasteiger partial charge < -0.3 is 9.84 Å². The fourth-order valence-electron chi connectivity index (χ4n) is 1.54. The first-order chi connectivity index (χ1) is 8.74. The van der Waals surface area contributed by atoms with Crippen LogP contribution >= 0.6 is 0 Å². The number of hydrogen-bond acceptors (Lipinski definition) is 5. The molecule has 6 heteroatoms. The maximum Gasteiger partial charge on any atom is 0.341 e. The van der Waals surface area contributed by atoms with Crippen molar-refractivity contribution in [2.24, 2.45) is 0 Å². The van der Waals surface area contributed by atoms with E-state index < -0.39 is 5.97 Å². The van der Waals surface area contributed by atoms with Crippen molar-refractivity contribution < 1.29 is 14.6 Å². The number of carbonyl (C=O) groups is 1. The summed E-state index contributed by atoms with van der Waals surface area (Å²) in [6, 6.07) is 5.44. The van der Waals surface area contributed by atoms with Crippen molar-refractivity contribution in [1.29, 1.82) is 0 Å². The van der Waals surface area contributed by atoms with Crippen LogP contribution in [0.15, 0.2) is 30.6 Å². The van der Waals surface area contributed by atoms with Crippen LogP contribution in [0.4, 0.5) is 0 Å². The van der Waals surface area contributed by atoms with E-state index in [9.17, 15) is 4.79 Å². The normalized spacial score (nSPS) is 10.3. The first-order valence-corrected chi connectivity index (χ1v) is 5.48. The van der Waals surface area contributed by atoms with Gasteiger partial charge in [-0.2, -0.15) is 5.10 Å². The van der Waals surface area contributed by atoms with Crippen LogP contribution in [0.25, 0.3) is 5.82 Å². The lowest BCUT2D eigenvalue weighted by molar-refractivity contribution is 0.0433. The molecule has 2 aromatic heterocycles. The van der Waals surface area contributed by atoms with Gasteiger partial charge >= 0.3 is 5.97 Å². The standard InChI is InChI=1S/C12H13N3O3/c1-9-10(12(17)18-7-6-16)8-14-15(9)11-4-2-3-5-13-11/h2-5,8,16H,6-7H2,1H3. The summed E-state index contributed by atoms with van der Waals surface area (Å²) in [6.07, 6.45) is 3.09. The summed E-state index contributed by atoms with van der Waals surface area (Å²) in [5.41, 5.74) is 1.02. The van der Waals surface area contributed by atoms with Crippen LogP contribution in [0.2, 0.25) is 0 Å². The molecule has 0 aromatic carbocycles. The fourth-order valence-corrected chi connectivity index (χ4v) is 1.54. The number of esters is 1. The Kier molecular flexibility index (Phi) is 3.69. The van der Waals surface area contributed by atoms with E-state index in [4.69, 9.17) is 9.84 Å². The highest BCUT2D eigenvalue weighted by Gasteiger charge is 2.16. The molecule has 0 aliphatic carbocycles. The molecule has 0 amide bonds. The van der Waals surface area contributed by atoms with Crippen LogP contribution in [-0.4, -0.2) is 39.1 Å². The lowest BCUT2D eigenvalue weighted by Crippen LogP contribution is -2.10. The summed E-state index contributed by atoms with van der Waals surface area (Å²) in [4.78, 5) is 15.8. The molecule has 0 aliphatic rings. The SMILES string of the molecule is Cc1c(C(=O)OCCO)cnn1-c1ccccn1. The van der Waals surface area contributed by atoms with Crippen LogP contribution in [0.3, 0.4) is 0 Å². The minimum absolute atomic E-state index is 0.0208. The average molecular weight is 247 g/mol. The van der Waals surface area contributed by atoms with E-state index in [2.05, 4.69) is 10.1 Å². The quantitative estimate of drug-likeness (QED) is 0.806.